The number of carboxylic acids is 1. The quantitative estimate of drug-likeness (QED) is 0.873. The number of aliphatic carboxylic acids is 1. The Balaban J connectivity index is 1.56. The number of piperidine rings is 1. The Hall–Kier alpha value is -2.45. The second-order valence-corrected chi connectivity index (χ2v) is 6.70. The summed E-state index contributed by atoms with van der Waals surface area (Å²) in [6.07, 6.45) is 1.65. The van der Waals surface area contributed by atoms with Gasteiger partial charge in [-0.2, -0.15) is 0 Å². The molecule has 8 heteroatoms. The summed E-state index contributed by atoms with van der Waals surface area (Å²) in [5.41, 5.74) is 0.453. The molecule has 1 N–H and O–H groups in total. The maximum atomic E-state index is 12.6. The summed E-state index contributed by atoms with van der Waals surface area (Å²) >= 11 is 0. The highest BCUT2D eigenvalue weighted by Crippen LogP contribution is 2.34. The van der Waals surface area contributed by atoms with E-state index in [4.69, 9.17) is 9.47 Å². The van der Waals surface area contributed by atoms with Crippen LogP contribution in [-0.2, 0) is 24.6 Å². The Morgan fingerprint density at radius 3 is 2.65 bits per heavy atom. The second kappa shape index (κ2) is 6.69. The first kappa shape index (κ1) is 17.0. The maximum absolute atomic E-state index is 12.6. The summed E-state index contributed by atoms with van der Waals surface area (Å²) in [7, 11) is 0. The van der Waals surface area contributed by atoms with Gasteiger partial charge in [0.15, 0.2) is 6.10 Å². The van der Waals surface area contributed by atoms with Crippen LogP contribution in [-0.4, -0.2) is 70.4 Å². The lowest BCUT2D eigenvalue weighted by atomic mass is 9.86. The van der Waals surface area contributed by atoms with E-state index >= 15 is 0 Å². The third kappa shape index (κ3) is 2.75. The van der Waals surface area contributed by atoms with Crippen molar-refractivity contribution in [1.82, 2.24) is 14.5 Å². The number of hydrogen-bond acceptors (Lipinski definition) is 5. The minimum Gasteiger partial charge on any atom is -0.479 e. The number of ether oxygens (including phenoxy) is 2. The molecule has 2 fully saturated rings. The van der Waals surface area contributed by atoms with Crippen molar-refractivity contribution in [2.45, 2.75) is 24.5 Å². The highest BCUT2D eigenvalue weighted by molar-refractivity contribution is 5.84. The highest BCUT2D eigenvalue weighted by Gasteiger charge is 2.45. The van der Waals surface area contributed by atoms with Crippen LogP contribution in [0.3, 0.4) is 0 Å². The van der Waals surface area contributed by atoms with E-state index in [9.17, 15) is 14.7 Å². The zero-order valence-electron chi connectivity index (χ0n) is 14.3. The van der Waals surface area contributed by atoms with Crippen molar-refractivity contribution in [2.75, 3.05) is 32.9 Å². The van der Waals surface area contributed by atoms with E-state index < -0.39 is 17.6 Å². The SMILES string of the molecule is O=C([C@H]1COCCO1)N1CCC(C(=O)O)(n2cnc3ccccc32)CC1. The molecular weight excluding hydrogens is 338 g/mol. The van der Waals surface area contributed by atoms with Gasteiger partial charge in [-0.25, -0.2) is 9.78 Å². The van der Waals surface area contributed by atoms with Crippen LogP contribution in [0, 0.1) is 0 Å². The Bertz CT molecular complexity index is 819. The molecule has 4 rings (SSSR count). The van der Waals surface area contributed by atoms with Crippen LogP contribution in [0.2, 0.25) is 0 Å². The molecule has 1 aromatic heterocycles. The summed E-state index contributed by atoms with van der Waals surface area (Å²) in [5, 5.41) is 10.00. The molecular formula is C18H21N3O5. The molecule has 2 aromatic rings. The number of carbonyl (C=O) groups excluding carboxylic acids is 1. The summed E-state index contributed by atoms with van der Waals surface area (Å²) in [6.45, 7) is 1.88. The summed E-state index contributed by atoms with van der Waals surface area (Å²) in [4.78, 5) is 30.8. The van der Waals surface area contributed by atoms with Gasteiger partial charge in [-0.05, 0) is 25.0 Å². The highest BCUT2D eigenvalue weighted by atomic mass is 16.6. The molecule has 0 radical (unpaired) electrons. The van der Waals surface area contributed by atoms with Gasteiger partial charge in [0.1, 0.15) is 5.54 Å². The average molecular weight is 359 g/mol. The van der Waals surface area contributed by atoms with Crippen LogP contribution in [0.1, 0.15) is 12.8 Å². The lowest BCUT2D eigenvalue weighted by Crippen LogP contribution is -2.55. The van der Waals surface area contributed by atoms with Gasteiger partial charge in [0, 0.05) is 13.1 Å². The molecule has 138 valence electrons. The molecule has 0 unspecified atom stereocenters. The van der Waals surface area contributed by atoms with Gasteiger partial charge >= 0.3 is 5.97 Å². The van der Waals surface area contributed by atoms with E-state index in [1.807, 2.05) is 24.3 Å². The Labute approximate surface area is 150 Å². The first-order valence-corrected chi connectivity index (χ1v) is 8.76. The molecule has 2 aliphatic rings. The first-order valence-electron chi connectivity index (χ1n) is 8.76. The molecule has 0 bridgehead atoms. The standard InChI is InChI=1S/C18H21N3O5/c22-16(15-11-25-9-10-26-15)20-7-5-18(6-8-20,17(23)24)21-12-19-13-3-1-2-4-14(13)21/h1-4,12,15H,5-11H2,(H,23,24)/t15-/m1/s1. The van der Waals surface area contributed by atoms with Crippen LogP contribution in [0.4, 0.5) is 0 Å². The van der Waals surface area contributed by atoms with Gasteiger partial charge in [-0.1, -0.05) is 12.1 Å². The van der Waals surface area contributed by atoms with E-state index in [1.165, 1.54) is 0 Å². The number of benzene rings is 1. The van der Waals surface area contributed by atoms with Crippen molar-refractivity contribution in [3.63, 3.8) is 0 Å². The largest absolute Gasteiger partial charge is 0.479 e. The molecule has 1 aromatic carbocycles. The minimum absolute atomic E-state index is 0.126. The van der Waals surface area contributed by atoms with Gasteiger partial charge in [0.2, 0.25) is 0 Å². The zero-order chi connectivity index (χ0) is 18.1. The van der Waals surface area contributed by atoms with Gasteiger partial charge < -0.3 is 24.0 Å². The van der Waals surface area contributed by atoms with Crippen molar-refractivity contribution in [1.29, 1.82) is 0 Å². The fourth-order valence-electron chi connectivity index (χ4n) is 3.79. The third-order valence-electron chi connectivity index (χ3n) is 5.31. The van der Waals surface area contributed by atoms with Crippen molar-refractivity contribution >= 4 is 22.9 Å². The zero-order valence-corrected chi connectivity index (χ0v) is 14.3. The van der Waals surface area contributed by atoms with Crippen LogP contribution in [0.25, 0.3) is 11.0 Å². The molecule has 1 atom stereocenters. The number of rotatable bonds is 3. The predicted octanol–water partition coefficient (Wildman–Crippen LogP) is 0.854. The van der Waals surface area contributed by atoms with Crippen molar-refractivity contribution < 1.29 is 24.2 Å². The Morgan fingerprint density at radius 2 is 1.96 bits per heavy atom. The molecule has 0 aliphatic carbocycles. The van der Waals surface area contributed by atoms with E-state index in [0.29, 0.717) is 39.1 Å². The first-order chi connectivity index (χ1) is 12.6. The topological polar surface area (TPSA) is 93.9 Å². The van der Waals surface area contributed by atoms with Gasteiger partial charge in [-0.3, -0.25) is 4.79 Å². The van der Waals surface area contributed by atoms with Crippen LogP contribution in [0.5, 0.6) is 0 Å². The number of fused-ring (bicyclic) bond motifs is 1. The number of nitrogens with zero attached hydrogens (tertiary/aromatic N) is 3. The van der Waals surface area contributed by atoms with Gasteiger partial charge in [0.05, 0.1) is 37.2 Å². The van der Waals surface area contributed by atoms with Crippen LogP contribution >= 0.6 is 0 Å². The third-order valence-corrected chi connectivity index (χ3v) is 5.31. The number of imidazole rings is 1. The molecule has 8 nitrogen and oxygen atoms in total. The fraction of sp³-hybridized carbons (Fsp3) is 0.500. The predicted molar refractivity (Wildman–Crippen MR) is 91.7 cm³/mol. The number of aromatic nitrogens is 2. The van der Waals surface area contributed by atoms with Gasteiger partial charge in [0.25, 0.3) is 5.91 Å². The van der Waals surface area contributed by atoms with E-state index in [2.05, 4.69) is 4.98 Å². The smallest absolute Gasteiger partial charge is 0.330 e. The maximum Gasteiger partial charge on any atom is 0.330 e. The molecule has 3 heterocycles. The van der Waals surface area contributed by atoms with E-state index in [-0.39, 0.29) is 12.5 Å². The van der Waals surface area contributed by atoms with Crippen LogP contribution in [0.15, 0.2) is 30.6 Å². The van der Waals surface area contributed by atoms with Crippen molar-refractivity contribution in [2.24, 2.45) is 0 Å². The monoisotopic (exact) mass is 359 g/mol. The number of likely N-dealkylation sites (tertiary alicyclic amines) is 1. The average Bonchev–Trinajstić information content (AvgIpc) is 3.12. The minimum atomic E-state index is -1.10. The fourth-order valence-corrected chi connectivity index (χ4v) is 3.79. The number of para-hydroxylation sites is 2. The molecule has 0 spiro atoms. The molecule has 2 aliphatic heterocycles. The second-order valence-electron chi connectivity index (χ2n) is 6.70. The van der Waals surface area contributed by atoms with Crippen molar-refractivity contribution in [3.8, 4) is 0 Å². The number of carbonyl (C=O) groups is 2. The number of hydrogen-bond donors (Lipinski definition) is 1. The van der Waals surface area contributed by atoms with Crippen molar-refractivity contribution in [3.05, 3.63) is 30.6 Å². The summed E-state index contributed by atoms with van der Waals surface area (Å²) in [6, 6.07) is 7.48. The summed E-state index contributed by atoms with van der Waals surface area (Å²) in [5.74, 6) is -1.02. The number of amides is 1. The molecule has 1 amide bonds. The van der Waals surface area contributed by atoms with Gasteiger partial charge in [-0.15, -0.1) is 0 Å². The Kier molecular flexibility index (Phi) is 4.37. The lowest BCUT2D eigenvalue weighted by molar-refractivity contribution is -0.163. The Morgan fingerprint density at radius 1 is 1.19 bits per heavy atom. The number of carboxylic acid groups (broad SMARTS) is 1. The summed E-state index contributed by atoms with van der Waals surface area (Å²) < 4.78 is 12.5. The van der Waals surface area contributed by atoms with E-state index in [0.717, 1.165) is 11.0 Å². The molecule has 2 saturated heterocycles. The van der Waals surface area contributed by atoms with E-state index in [1.54, 1.807) is 15.8 Å². The lowest BCUT2D eigenvalue weighted by Gasteiger charge is -2.41. The molecule has 0 saturated carbocycles. The van der Waals surface area contributed by atoms with Crippen LogP contribution < -0.4 is 0 Å². The normalized spacial score (nSPS) is 23.1. The molecule has 26 heavy (non-hydrogen) atoms.